The molecule has 0 saturated carbocycles. The van der Waals surface area contributed by atoms with Crippen LogP contribution in [-0.2, 0) is 29.5 Å². The van der Waals surface area contributed by atoms with E-state index in [1.165, 1.54) is 0 Å². The van der Waals surface area contributed by atoms with E-state index in [0.717, 1.165) is 11.4 Å². The number of sulfonamides is 2. The molecular weight excluding hydrogens is 657 g/mol. The summed E-state index contributed by atoms with van der Waals surface area (Å²) in [7, 11) is -4.11. The van der Waals surface area contributed by atoms with E-state index < -0.39 is 20.0 Å². The maximum absolute atomic E-state index is 12.6. The molecule has 2 N–H and O–H groups in total. The second kappa shape index (κ2) is 16.1. The summed E-state index contributed by atoms with van der Waals surface area (Å²) >= 11 is 0. The maximum atomic E-state index is 12.6. The van der Waals surface area contributed by atoms with Crippen molar-refractivity contribution in [3.63, 3.8) is 0 Å². The van der Waals surface area contributed by atoms with Crippen molar-refractivity contribution >= 4 is 42.8 Å². The number of methoxy groups -OCH3 is 2. The van der Waals surface area contributed by atoms with Crippen LogP contribution in [0, 0.1) is 0 Å². The van der Waals surface area contributed by atoms with Gasteiger partial charge in [-0.05, 0) is 48.5 Å². The van der Waals surface area contributed by atoms with Gasteiger partial charge in [-0.2, -0.15) is 0 Å². The molecule has 2 aliphatic rings. The molecule has 4 aromatic carbocycles. The van der Waals surface area contributed by atoms with E-state index in [2.05, 4.69) is 19.2 Å². The summed E-state index contributed by atoms with van der Waals surface area (Å²) in [5.74, 6) is 1.36. The fraction of sp³-hybridized carbons (Fsp3) is 0.294. The molecular formula is C34H40N4O8S2. The average molecular weight is 697 g/mol. The zero-order chi connectivity index (χ0) is 34.0. The number of hydrogen-bond donors (Lipinski definition) is 2. The van der Waals surface area contributed by atoms with Crippen LogP contribution in [0.25, 0.3) is 0 Å². The Labute approximate surface area is 282 Å². The Bertz CT molecular complexity index is 1710. The Balaban J connectivity index is 0.000000188. The van der Waals surface area contributed by atoms with Gasteiger partial charge < -0.3 is 28.7 Å². The summed E-state index contributed by atoms with van der Waals surface area (Å²) in [6.07, 6.45) is 0. The number of rotatable bonds is 10. The highest BCUT2D eigenvalue weighted by atomic mass is 32.2. The van der Waals surface area contributed by atoms with Crippen molar-refractivity contribution < 1.29 is 35.8 Å². The third-order valence-electron chi connectivity index (χ3n) is 7.71. The lowest BCUT2D eigenvalue weighted by Gasteiger charge is -2.31. The fourth-order valence-corrected chi connectivity index (χ4v) is 7.38. The second-order valence-electron chi connectivity index (χ2n) is 10.8. The highest BCUT2D eigenvalue weighted by molar-refractivity contribution is 7.93. The molecule has 4 aromatic rings. The Hall–Kier alpha value is -4.50. The van der Waals surface area contributed by atoms with Crippen LogP contribution in [0.2, 0.25) is 0 Å². The van der Waals surface area contributed by atoms with Gasteiger partial charge in [-0.25, -0.2) is 16.8 Å². The smallest absolute Gasteiger partial charge is 0.261 e. The van der Waals surface area contributed by atoms with Crippen molar-refractivity contribution in [3.05, 3.63) is 97.1 Å². The van der Waals surface area contributed by atoms with Crippen molar-refractivity contribution in [3.8, 4) is 11.5 Å². The summed E-state index contributed by atoms with van der Waals surface area (Å²) in [6, 6.07) is 27.3. The molecule has 0 amide bonds. The molecule has 0 aromatic heterocycles. The summed E-state index contributed by atoms with van der Waals surface area (Å²) in [6.45, 7) is 5.26. The molecule has 2 fully saturated rings. The minimum atomic E-state index is -3.64. The standard InChI is InChI=1S/2C17H20N2O4S/c2*1-22-14-7-8-16(17(13-14)19-9-11-23-12-10-19)18-24(20,21)15-5-3-2-4-6-15/h2*2-8,13,18H,9-12H2,1H3. The minimum absolute atomic E-state index is 0.230. The van der Waals surface area contributed by atoms with Crippen LogP contribution in [0.15, 0.2) is 107 Å². The van der Waals surface area contributed by atoms with Crippen LogP contribution in [-0.4, -0.2) is 83.7 Å². The van der Waals surface area contributed by atoms with Gasteiger partial charge in [0, 0.05) is 38.3 Å². The number of nitrogens with zero attached hydrogens (tertiary/aromatic N) is 2. The van der Waals surface area contributed by atoms with Crippen LogP contribution in [0.5, 0.6) is 11.5 Å². The van der Waals surface area contributed by atoms with Gasteiger partial charge in [-0.15, -0.1) is 0 Å². The van der Waals surface area contributed by atoms with Gasteiger partial charge in [0.1, 0.15) is 11.5 Å². The van der Waals surface area contributed by atoms with E-state index in [9.17, 15) is 16.8 Å². The highest BCUT2D eigenvalue weighted by Gasteiger charge is 2.22. The number of benzene rings is 4. The number of hydrogen-bond acceptors (Lipinski definition) is 10. The largest absolute Gasteiger partial charge is 0.497 e. The summed E-state index contributed by atoms with van der Waals surface area (Å²) in [5, 5.41) is 0. The SMILES string of the molecule is COc1ccc(NS(=O)(=O)c2ccccc2)c(N2CCOCC2)c1.COc1ccc(NS(=O)(=O)c2ccccc2)c(N2CCOCC2)c1. The first-order valence-corrected chi connectivity index (χ1v) is 18.3. The Morgan fingerprint density at radius 1 is 0.542 bits per heavy atom. The fourth-order valence-electron chi connectivity index (χ4n) is 5.19. The van der Waals surface area contributed by atoms with Crippen LogP contribution in [0.3, 0.4) is 0 Å². The predicted octanol–water partition coefficient (Wildman–Crippen LogP) is 4.67. The maximum Gasteiger partial charge on any atom is 0.261 e. The Morgan fingerprint density at radius 3 is 1.23 bits per heavy atom. The molecule has 12 nitrogen and oxygen atoms in total. The van der Waals surface area contributed by atoms with Crippen LogP contribution in [0.4, 0.5) is 22.7 Å². The molecule has 0 bridgehead atoms. The second-order valence-corrected chi connectivity index (χ2v) is 14.2. The van der Waals surface area contributed by atoms with Gasteiger partial charge in [-0.1, -0.05) is 36.4 Å². The number of anilines is 4. The molecule has 0 unspecified atom stereocenters. The van der Waals surface area contributed by atoms with Gasteiger partial charge in [0.25, 0.3) is 20.0 Å². The first-order valence-electron chi connectivity index (χ1n) is 15.4. The minimum Gasteiger partial charge on any atom is -0.497 e. The summed E-state index contributed by atoms with van der Waals surface area (Å²) < 4.78 is 77.1. The van der Waals surface area contributed by atoms with E-state index >= 15 is 0 Å². The van der Waals surface area contributed by atoms with Crippen LogP contribution in [0.1, 0.15) is 0 Å². The number of morpholine rings is 2. The lowest BCUT2D eigenvalue weighted by atomic mass is 10.2. The topological polar surface area (TPSA) is 136 Å². The van der Waals surface area contributed by atoms with E-state index in [0.29, 0.717) is 75.5 Å². The lowest BCUT2D eigenvalue weighted by molar-refractivity contribution is 0.122. The quantitative estimate of drug-likeness (QED) is 0.241. The molecule has 14 heteroatoms. The molecule has 2 saturated heterocycles. The molecule has 0 radical (unpaired) electrons. The van der Waals surface area contributed by atoms with Gasteiger partial charge in [-0.3, -0.25) is 9.44 Å². The molecule has 0 atom stereocenters. The third-order valence-corrected chi connectivity index (χ3v) is 10.5. The van der Waals surface area contributed by atoms with E-state index in [4.69, 9.17) is 18.9 Å². The average Bonchev–Trinajstić information content (AvgIpc) is 3.13. The number of ether oxygens (including phenoxy) is 4. The van der Waals surface area contributed by atoms with E-state index in [1.807, 2.05) is 12.1 Å². The van der Waals surface area contributed by atoms with E-state index in [-0.39, 0.29) is 9.79 Å². The van der Waals surface area contributed by atoms with Gasteiger partial charge in [0.05, 0.1) is 73.2 Å². The zero-order valence-electron chi connectivity index (χ0n) is 26.9. The van der Waals surface area contributed by atoms with Crippen LogP contribution >= 0.6 is 0 Å². The van der Waals surface area contributed by atoms with E-state index in [1.54, 1.807) is 99.1 Å². The Morgan fingerprint density at radius 2 is 0.896 bits per heavy atom. The van der Waals surface area contributed by atoms with Crippen molar-refractivity contribution in [2.45, 2.75) is 9.79 Å². The first-order chi connectivity index (χ1) is 23.2. The molecule has 48 heavy (non-hydrogen) atoms. The summed E-state index contributed by atoms with van der Waals surface area (Å²) in [4.78, 5) is 4.64. The van der Waals surface area contributed by atoms with Crippen molar-refractivity contribution in [2.24, 2.45) is 0 Å². The van der Waals surface area contributed by atoms with Crippen molar-refractivity contribution in [1.29, 1.82) is 0 Å². The third kappa shape index (κ3) is 8.89. The van der Waals surface area contributed by atoms with Crippen LogP contribution < -0.4 is 28.7 Å². The van der Waals surface area contributed by atoms with Gasteiger partial charge in [0.2, 0.25) is 0 Å². The molecule has 6 rings (SSSR count). The zero-order valence-corrected chi connectivity index (χ0v) is 28.5. The monoisotopic (exact) mass is 696 g/mol. The molecule has 2 heterocycles. The van der Waals surface area contributed by atoms with Gasteiger partial charge in [0.15, 0.2) is 0 Å². The molecule has 256 valence electrons. The van der Waals surface area contributed by atoms with Crippen molar-refractivity contribution in [1.82, 2.24) is 0 Å². The molecule has 0 spiro atoms. The highest BCUT2D eigenvalue weighted by Crippen LogP contribution is 2.34. The van der Waals surface area contributed by atoms with Gasteiger partial charge >= 0.3 is 0 Å². The lowest BCUT2D eigenvalue weighted by Crippen LogP contribution is -2.36. The van der Waals surface area contributed by atoms with Crippen molar-refractivity contribution in [2.75, 3.05) is 86.1 Å². The molecule has 0 aliphatic carbocycles. The number of nitrogens with one attached hydrogen (secondary N) is 2. The summed E-state index contributed by atoms with van der Waals surface area (Å²) in [5.41, 5.74) is 2.64. The normalized spacial score (nSPS) is 15.1. The first kappa shape index (κ1) is 34.8. The molecule has 2 aliphatic heterocycles. The predicted molar refractivity (Wildman–Crippen MR) is 187 cm³/mol. The Kier molecular flexibility index (Phi) is 11.7.